The van der Waals surface area contributed by atoms with E-state index < -0.39 is 5.97 Å². The maximum atomic E-state index is 12.0. The number of anilines is 1. The molecular weight excluding hydrogens is 286 g/mol. The van der Waals surface area contributed by atoms with Gasteiger partial charge in [0.25, 0.3) is 5.91 Å². The van der Waals surface area contributed by atoms with Crippen LogP contribution in [0.4, 0.5) is 5.69 Å². The van der Waals surface area contributed by atoms with Crippen LogP contribution in [0.3, 0.4) is 0 Å². The number of hydrogen-bond donors (Lipinski definition) is 2. The molecule has 0 saturated heterocycles. The highest BCUT2D eigenvalue weighted by atomic mass is 35.5. The summed E-state index contributed by atoms with van der Waals surface area (Å²) in [6.45, 7) is 1.84. The molecule has 2 rings (SSSR count). The van der Waals surface area contributed by atoms with Gasteiger partial charge in [0.15, 0.2) is 0 Å². The Morgan fingerprint density at radius 1 is 1.32 bits per heavy atom. The molecule has 0 spiro atoms. The first-order chi connectivity index (χ1) is 8.99. The minimum atomic E-state index is -1.06. The standard InChI is InChI=1S/C13H10ClNO3S/c1-7-2-3-8(6-9(7)14)12(16)15-10-4-5-19-11(10)13(17)18/h2-6H,1H3,(H,15,16)(H,17,18). The highest BCUT2D eigenvalue weighted by Crippen LogP contribution is 2.23. The van der Waals surface area contributed by atoms with Gasteiger partial charge in [-0.15, -0.1) is 11.3 Å². The Balaban J connectivity index is 2.23. The molecule has 1 amide bonds. The predicted molar refractivity (Wildman–Crippen MR) is 75.4 cm³/mol. The number of benzene rings is 1. The van der Waals surface area contributed by atoms with Crippen LogP contribution in [0.2, 0.25) is 5.02 Å². The van der Waals surface area contributed by atoms with Gasteiger partial charge in [0.1, 0.15) is 4.88 Å². The van der Waals surface area contributed by atoms with Crippen molar-refractivity contribution in [3.63, 3.8) is 0 Å². The molecule has 0 aliphatic rings. The minimum Gasteiger partial charge on any atom is -0.477 e. The molecule has 0 aliphatic heterocycles. The van der Waals surface area contributed by atoms with Crippen molar-refractivity contribution in [3.05, 3.63) is 50.7 Å². The number of carbonyl (C=O) groups is 2. The summed E-state index contributed by atoms with van der Waals surface area (Å²) >= 11 is 7.01. The summed E-state index contributed by atoms with van der Waals surface area (Å²) < 4.78 is 0. The van der Waals surface area contributed by atoms with Crippen molar-refractivity contribution in [1.29, 1.82) is 0 Å². The Morgan fingerprint density at radius 3 is 2.68 bits per heavy atom. The molecule has 6 heteroatoms. The molecule has 0 saturated carbocycles. The van der Waals surface area contributed by atoms with Crippen LogP contribution in [-0.4, -0.2) is 17.0 Å². The molecule has 0 unspecified atom stereocenters. The third-order valence-electron chi connectivity index (χ3n) is 2.54. The lowest BCUT2D eigenvalue weighted by Gasteiger charge is -2.06. The van der Waals surface area contributed by atoms with Gasteiger partial charge in [0, 0.05) is 10.6 Å². The zero-order valence-corrected chi connectivity index (χ0v) is 11.5. The average Bonchev–Trinajstić information content (AvgIpc) is 2.80. The van der Waals surface area contributed by atoms with E-state index in [4.69, 9.17) is 16.7 Å². The zero-order valence-electron chi connectivity index (χ0n) is 9.94. The van der Waals surface area contributed by atoms with Crippen molar-refractivity contribution in [2.45, 2.75) is 6.92 Å². The fraction of sp³-hybridized carbons (Fsp3) is 0.0769. The maximum absolute atomic E-state index is 12.0. The van der Waals surface area contributed by atoms with Gasteiger partial charge in [-0.1, -0.05) is 17.7 Å². The summed E-state index contributed by atoms with van der Waals surface area (Å²) in [6, 6.07) is 6.49. The smallest absolute Gasteiger partial charge is 0.348 e. The predicted octanol–water partition coefficient (Wildman–Crippen LogP) is 3.66. The topological polar surface area (TPSA) is 66.4 Å². The minimum absolute atomic E-state index is 0.103. The number of rotatable bonds is 3. The van der Waals surface area contributed by atoms with E-state index in [0.29, 0.717) is 16.3 Å². The summed E-state index contributed by atoms with van der Waals surface area (Å²) in [5, 5.41) is 13.6. The van der Waals surface area contributed by atoms with Crippen molar-refractivity contribution >= 4 is 40.5 Å². The second-order valence-corrected chi connectivity index (χ2v) is 5.21. The molecule has 0 aliphatic carbocycles. The highest BCUT2D eigenvalue weighted by molar-refractivity contribution is 7.12. The molecule has 0 fully saturated rings. The van der Waals surface area contributed by atoms with Gasteiger partial charge in [0.05, 0.1) is 5.69 Å². The number of carboxylic acids is 1. The largest absolute Gasteiger partial charge is 0.477 e. The van der Waals surface area contributed by atoms with Crippen LogP contribution in [0.15, 0.2) is 29.6 Å². The number of thiophene rings is 1. The van der Waals surface area contributed by atoms with E-state index in [1.54, 1.807) is 29.6 Å². The van der Waals surface area contributed by atoms with E-state index >= 15 is 0 Å². The van der Waals surface area contributed by atoms with Crippen molar-refractivity contribution in [2.24, 2.45) is 0 Å². The van der Waals surface area contributed by atoms with Crippen LogP contribution in [0, 0.1) is 6.92 Å². The number of aromatic carboxylic acids is 1. The molecule has 2 aromatic rings. The van der Waals surface area contributed by atoms with Crippen LogP contribution in [-0.2, 0) is 0 Å². The van der Waals surface area contributed by atoms with Gasteiger partial charge >= 0.3 is 5.97 Å². The molecule has 4 nitrogen and oxygen atoms in total. The first-order valence-electron chi connectivity index (χ1n) is 5.37. The molecular formula is C13H10ClNO3S. The van der Waals surface area contributed by atoms with Crippen molar-refractivity contribution in [1.82, 2.24) is 0 Å². The molecule has 0 atom stereocenters. The third-order valence-corrected chi connectivity index (χ3v) is 3.85. The van der Waals surface area contributed by atoms with Crippen LogP contribution < -0.4 is 5.32 Å². The second-order valence-electron chi connectivity index (χ2n) is 3.89. The SMILES string of the molecule is Cc1ccc(C(=O)Nc2ccsc2C(=O)O)cc1Cl. The van der Waals surface area contributed by atoms with Gasteiger partial charge in [-0.2, -0.15) is 0 Å². The molecule has 1 heterocycles. The summed E-state index contributed by atoms with van der Waals surface area (Å²) in [4.78, 5) is 23.0. The lowest BCUT2D eigenvalue weighted by atomic mass is 10.1. The van der Waals surface area contributed by atoms with Crippen LogP contribution in [0.5, 0.6) is 0 Å². The zero-order chi connectivity index (χ0) is 14.0. The van der Waals surface area contributed by atoms with Gasteiger partial charge in [-0.3, -0.25) is 4.79 Å². The van der Waals surface area contributed by atoms with E-state index in [2.05, 4.69) is 5.32 Å². The average molecular weight is 296 g/mol. The first kappa shape index (κ1) is 13.6. The van der Waals surface area contributed by atoms with Crippen LogP contribution in [0.25, 0.3) is 0 Å². The summed E-state index contributed by atoms with van der Waals surface area (Å²) in [7, 11) is 0. The number of nitrogens with one attached hydrogen (secondary N) is 1. The molecule has 1 aromatic carbocycles. The summed E-state index contributed by atoms with van der Waals surface area (Å²) in [5.41, 5.74) is 1.55. The monoisotopic (exact) mass is 295 g/mol. The van der Waals surface area contributed by atoms with Crippen molar-refractivity contribution in [2.75, 3.05) is 5.32 Å². The van der Waals surface area contributed by atoms with Gasteiger partial charge < -0.3 is 10.4 Å². The second kappa shape index (κ2) is 5.42. The molecule has 0 bridgehead atoms. The third kappa shape index (κ3) is 2.94. The van der Waals surface area contributed by atoms with E-state index in [-0.39, 0.29) is 10.8 Å². The quantitative estimate of drug-likeness (QED) is 0.908. The maximum Gasteiger partial charge on any atom is 0.348 e. The Hall–Kier alpha value is -1.85. The number of aryl methyl sites for hydroxylation is 1. The number of carbonyl (C=O) groups excluding carboxylic acids is 1. The molecule has 19 heavy (non-hydrogen) atoms. The van der Waals surface area contributed by atoms with Gasteiger partial charge in [-0.25, -0.2) is 4.79 Å². The highest BCUT2D eigenvalue weighted by Gasteiger charge is 2.15. The number of carboxylic acid groups (broad SMARTS) is 1. The lowest BCUT2D eigenvalue weighted by Crippen LogP contribution is -2.13. The number of halogens is 1. The fourth-order valence-corrected chi connectivity index (χ4v) is 2.37. The van der Waals surface area contributed by atoms with E-state index in [0.717, 1.165) is 16.9 Å². The normalized spacial score (nSPS) is 10.2. The summed E-state index contributed by atoms with van der Waals surface area (Å²) in [5.74, 6) is -1.45. The number of hydrogen-bond acceptors (Lipinski definition) is 3. The molecule has 98 valence electrons. The molecule has 2 N–H and O–H groups in total. The molecule has 1 aromatic heterocycles. The van der Waals surface area contributed by atoms with E-state index in [1.165, 1.54) is 0 Å². The van der Waals surface area contributed by atoms with Crippen LogP contribution >= 0.6 is 22.9 Å². The first-order valence-corrected chi connectivity index (χ1v) is 6.63. The fourth-order valence-electron chi connectivity index (χ4n) is 1.50. The van der Waals surface area contributed by atoms with Gasteiger partial charge in [0.2, 0.25) is 0 Å². The van der Waals surface area contributed by atoms with Crippen molar-refractivity contribution in [3.8, 4) is 0 Å². The Morgan fingerprint density at radius 2 is 2.05 bits per heavy atom. The Labute approximate surface area is 118 Å². The molecule has 0 radical (unpaired) electrons. The van der Waals surface area contributed by atoms with Gasteiger partial charge in [-0.05, 0) is 36.1 Å². The Bertz CT molecular complexity index is 651. The summed E-state index contributed by atoms with van der Waals surface area (Å²) in [6.07, 6.45) is 0. The number of amides is 1. The van der Waals surface area contributed by atoms with Crippen molar-refractivity contribution < 1.29 is 14.7 Å². The van der Waals surface area contributed by atoms with Crippen LogP contribution in [0.1, 0.15) is 25.6 Å². The van der Waals surface area contributed by atoms with E-state index in [1.807, 2.05) is 6.92 Å². The Kier molecular flexibility index (Phi) is 3.87. The lowest BCUT2D eigenvalue weighted by molar-refractivity contribution is 0.0703. The van der Waals surface area contributed by atoms with E-state index in [9.17, 15) is 9.59 Å².